The Morgan fingerprint density at radius 2 is 2.27 bits per heavy atom. The Labute approximate surface area is 88.5 Å². The molecule has 1 amide bonds. The van der Waals surface area contributed by atoms with E-state index in [1.54, 1.807) is 13.8 Å². The first kappa shape index (κ1) is 11.7. The maximum atomic E-state index is 11.7. The fourth-order valence-corrected chi connectivity index (χ4v) is 1.27. The van der Waals surface area contributed by atoms with Crippen molar-refractivity contribution in [2.45, 2.75) is 33.2 Å². The predicted molar refractivity (Wildman–Crippen MR) is 54.6 cm³/mol. The second-order valence-corrected chi connectivity index (χ2v) is 3.41. The Bertz CT molecular complexity index is 342. The van der Waals surface area contributed by atoms with Gasteiger partial charge in [0.1, 0.15) is 0 Å². The topological polar surface area (TPSA) is 75.4 Å². The molecule has 5 nitrogen and oxygen atoms in total. The van der Waals surface area contributed by atoms with E-state index >= 15 is 0 Å². The van der Waals surface area contributed by atoms with E-state index in [1.165, 1.54) is 0 Å². The Kier molecular flexibility index (Phi) is 3.85. The zero-order valence-corrected chi connectivity index (χ0v) is 9.20. The second kappa shape index (κ2) is 4.93. The first-order chi connectivity index (χ1) is 7.08. The molecular weight excluding hydrogens is 196 g/mol. The van der Waals surface area contributed by atoms with Gasteiger partial charge < -0.3 is 14.8 Å². The molecule has 0 unspecified atom stereocenters. The van der Waals surface area contributed by atoms with Gasteiger partial charge in [0, 0.05) is 6.92 Å². The molecule has 0 saturated heterocycles. The van der Waals surface area contributed by atoms with E-state index in [-0.39, 0.29) is 24.3 Å². The van der Waals surface area contributed by atoms with Gasteiger partial charge in [-0.15, -0.1) is 0 Å². The van der Waals surface area contributed by atoms with Crippen LogP contribution < -0.4 is 5.32 Å². The van der Waals surface area contributed by atoms with E-state index in [9.17, 15) is 4.79 Å². The highest BCUT2D eigenvalue weighted by atomic mass is 16.4. The van der Waals surface area contributed by atoms with E-state index in [2.05, 4.69) is 10.3 Å². The average Bonchev–Trinajstić information content (AvgIpc) is 2.54. The van der Waals surface area contributed by atoms with Gasteiger partial charge in [0.15, 0.2) is 5.89 Å². The number of nitrogens with zero attached hydrogens (tertiary/aromatic N) is 1. The number of aromatic nitrogens is 1. The zero-order valence-electron chi connectivity index (χ0n) is 9.20. The second-order valence-electron chi connectivity index (χ2n) is 3.41. The molecule has 0 fully saturated rings. The molecule has 1 aromatic rings. The van der Waals surface area contributed by atoms with Crippen LogP contribution in [-0.4, -0.2) is 28.6 Å². The lowest BCUT2D eigenvalue weighted by Gasteiger charge is -2.12. The van der Waals surface area contributed by atoms with Crippen molar-refractivity contribution in [3.8, 4) is 0 Å². The van der Waals surface area contributed by atoms with Crippen LogP contribution in [0.15, 0.2) is 4.42 Å². The van der Waals surface area contributed by atoms with E-state index in [0.29, 0.717) is 18.0 Å². The molecule has 0 aliphatic heterocycles. The molecule has 1 heterocycles. The van der Waals surface area contributed by atoms with E-state index < -0.39 is 0 Å². The highest BCUT2D eigenvalue weighted by Crippen LogP contribution is 2.09. The Morgan fingerprint density at radius 1 is 1.60 bits per heavy atom. The average molecular weight is 212 g/mol. The molecule has 0 aliphatic rings. The van der Waals surface area contributed by atoms with Crippen molar-refractivity contribution in [2.24, 2.45) is 0 Å². The molecule has 0 saturated carbocycles. The third-order valence-corrected chi connectivity index (χ3v) is 2.16. The van der Waals surface area contributed by atoms with Crippen LogP contribution >= 0.6 is 0 Å². The lowest BCUT2D eigenvalue weighted by Crippen LogP contribution is -2.37. The SMILES string of the molecule is CC[C@H](CO)NC(=O)c1oc(C)nc1C. The minimum atomic E-state index is -0.325. The van der Waals surface area contributed by atoms with Crippen LogP contribution in [0, 0.1) is 13.8 Å². The van der Waals surface area contributed by atoms with Gasteiger partial charge in [-0.05, 0) is 13.3 Å². The molecule has 15 heavy (non-hydrogen) atoms. The zero-order chi connectivity index (χ0) is 11.4. The van der Waals surface area contributed by atoms with Crippen LogP contribution in [-0.2, 0) is 0 Å². The summed E-state index contributed by atoms with van der Waals surface area (Å²) in [4.78, 5) is 15.7. The van der Waals surface area contributed by atoms with E-state index in [0.717, 1.165) is 0 Å². The van der Waals surface area contributed by atoms with Crippen molar-refractivity contribution in [1.29, 1.82) is 0 Å². The quantitative estimate of drug-likeness (QED) is 0.773. The monoisotopic (exact) mass is 212 g/mol. The van der Waals surface area contributed by atoms with Crippen LogP contribution in [0.5, 0.6) is 0 Å². The molecule has 0 aliphatic carbocycles. The normalized spacial score (nSPS) is 12.5. The third kappa shape index (κ3) is 2.79. The first-order valence-corrected chi connectivity index (χ1v) is 4.94. The number of amides is 1. The van der Waals surface area contributed by atoms with Gasteiger partial charge in [-0.3, -0.25) is 4.79 Å². The van der Waals surface area contributed by atoms with Crippen molar-refractivity contribution >= 4 is 5.91 Å². The molecule has 0 spiro atoms. The summed E-state index contributed by atoms with van der Waals surface area (Å²) in [7, 11) is 0. The van der Waals surface area contributed by atoms with Crippen molar-refractivity contribution in [3.05, 3.63) is 17.3 Å². The summed E-state index contributed by atoms with van der Waals surface area (Å²) < 4.78 is 5.16. The summed E-state index contributed by atoms with van der Waals surface area (Å²) in [6.45, 7) is 5.21. The van der Waals surface area contributed by atoms with Gasteiger partial charge in [0.2, 0.25) is 5.76 Å². The summed E-state index contributed by atoms with van der Waals surface area (Å²) in [5.74, 6) is 0.364. The van der Waals surface area contributed by atoms with E-state index in [4.69, 9.17) is 9.52 Å². The van der Waals surface area contributed by atoms with Gasteiger partial charge in [-0.1, -0.05) is 6.92 Å². The first-order valence-electron chi connectivity index (χ1n) is 4.94. The minimum Gasteiger partial charge on any atom is -0.436 e. The molecule has 1 aromatic heterocycles. The highest BCUT2D eigenvalue weighted by Gasteiger charge is 2.18. The Balaban J connectivity index is 2.72. The van der Waals surface area contributed by atoms with Crippen molar-refractivity contribution < 1.29 is 14.3 Å². The minimum absolute atomic E-state index is 0.0750. The van der Waals surface area contributed by atoms with Crippen LogP contribution in [0.1, 0.15) is 35.5 Å². The molecule has 0 aromatic carbocycles. The largest absolute Gasteiger partial charge is 0.436 e. The highest BCUT2D eigenvalue weighted by molar-refractivity contribution is 5.92. The van der Waals surface area contributed by atoms with Crippen LogP contribution in [0.3, 0.4) is 0 Å². The molecule has 0 radical (unpaired) electrons. The summed E-state index contributed by atoms with van der Waals surface area (Å²) in [5, 5.41) is 11.6. The number of aryl methyl sites for hydroxylation is 2. The smallest absolute Gasteiger partial charge is 0.289 e. The summed E-state index contributed by atoms with van der Waals surface area (Å²) in [6, 6.07) is -0.234. The maximum Gasteiger partial charge on any atom is 0.289 e. The number of oxazole rings is 1. The van der Waals surface area contributed by atoms with Crippen LogP contribution in [0.2, 0.25) is 0 Å². The summed E-state index contributed by atoms with van der Waals surface area (Å²) in [5.41, 5.74) is 0.567. The number of aliphatic hydroxyl groups excluding tert-OH is 1. The third-order valence-electron chi connectivity index (χ3n) is 2.16. The van der Waals surface area contributed by atoms with Crippen LogP contribution in [0.4, 0.5) is 0 Å². The number of nitrogens with one attached hydrogen (secondary N) is 1. The Hall–Kier alpha value is -1.36. The van der Waals surface area contributed by atoms with E-state index in [1.807, 2.05) is 6.92 Å². The van der Waals surface area contributed by atoms with Gasteiger partial charge in [-0.2, -0.15) is 0 Å². The number of aliphatic hydroxyl groups is 1. The maximum absolute atomic E-state index is 11.7. The molecular formula is C10H16N2O3. The van der Waals surface area contributed by atoms with Gasteiger partial charge in [0.25, 0.3) is 5.91 Å². The Morgan fingerprint density at radius 3 is 2.67 bits per heavy atom. The molecule has 1 rings (SSSR count). The number of hydrogen-bond donors (Lipinski definition) is 2. The summed E-state index contributed by atoms with van der Waals surface area (Å²) in [6.07, 6.45) is 0.675. The summed E-state index contributed by atoms with van der Waals surface area (Å²) >= 11 is 0. The number of carbonyl (C=O) groups is 1. The van der Waals surface area contributed by atoms with Crippen molar-refractivity contribution in [3.63, 3.8) is 0 Å². The number of rotatable bonds is 4. The van der Waals surface area contributed by atoms with Gasteiger partial charge in [-0.25, -0.2) is 4.98 Å². The van der Waals surface area contributed by atoms with Gasteiger partial charge in [0.05, 0.1) is 18.3 Å². The lowest BCUT2D eigenvalue weighted by molar-refractivity contribution is 0.0884. The fraction of sp³-hybridized carbons (Fsp3) is 0.600. The van der Waals surface area contributed by atoms with Crippen molar-refractivity contribution in [2.75, 3.05) is 6.61 Å². The molecule has 84 valence electrons. The van der Waals surface area contributed by atoms with Crippen molar-refractivity contribution in [1.82, 2.24) is 10.3 Å². The number of hydrogen-bond acceptors (Lipinski definition) is 4. The standard InChI is InChI=1S/C10H16N2O3/c1-4-8(5-13)12-10(14)9-6(2)11-7(3)15-9/h8,13H,4-5H2,1-3H3,(H,12,14)/t8-/m1/s1. The predicted octanol–water partition coefficient (Wildman–Crippen LogP) is 0.792. The molecule has 5 heteroatoms. The van der Waals surface area contributed by atoms with Gasteiger partial charge >= 0.3 is 0 Å². The van der Waals surface area contributed by atoms with Crippen LogP contribution in [0.25, 0.3) is 0 Å². The number of carbonyl (C=O) groups excluding carboxylic acids is 1. The molecule has 2 N–H and O–H groups in total. The molecule has 1 atom stereocenters. The lowest BCUT2D eigenvalue weighted by atomic mass is 10.2. The molecule has 0 bridgehead atoms. The fourth-order valence-electron chi connectivity index (χ4n) is 1.27.